The summed E-state index contributed by atoms with van der Waals surface area (Å²) in [6.07, 6.45) is -4.59. The Morgan fingerprint density at radius 3 is 1.62 bits per heavy atom. The molecular weight excluding hydrogens is 264 g/mol. The van der Waals surface area contributed by atoms with Crippen molar-refractivity contribution in [1.29, 1.82) is 0 Å². The molecule has 2 unspecified atom stereocenters. The predicted molar refractivity (Wildman–Crippen MR) is 45.8 cm³/mol. The van der Waals surface area contributed by atoms with Crippen LogP contribution >= 0.6 is 0 Å². The number of nitrogens with zero attached hydrogens (tertiary/aromatic N) is 3. The monoisotopic (exact) mass is 275 g/mol. The van der Waals surface area contributed by atoms with Crippen LogP contribution in [0.1, 0.15) is 25.6 Å². The second-order valence-electron chi connectivity index (χ2n) is 3.24. The van der Waals surface area contributed by atoms with Gasteiger partial charge in [-0.25, -0.2) is 0 Å². The Kier molecular flexibility index (Phi) is 5.88. The molecule has 0 spiro atoms. The van der Waals surface area contributed by atoms with E-state index in [9.17, 15) is 19.0 Å². The molecule has 5 nitrogen and oxygen atoms in total. The molecule has 0 aliphatic rings. The summed E-state index contributed by atoms with van der Waals surface area (Å²) in [6, 6.07) is 0. The molecule has 92 valence electrons. The van der Waals surface area contributed by atoms with Crippen LogP contribution in [0.2, 0.25) is 0 Å². The average molecular weight is 275 g/mol. The van der Waals surface area contributed by atoms with Gasteiger partial charge in [0.25, 0.3) is 0 Å². The first-order valence-corrected chi connectivity index (χ1v) is 4.35. The van der Waals surface area contributed by atoms with Gasteiger partial charge in [0.05, 0.1) is 18.1 Å². The minimum atomic E-state index is -1.27. The van der Waals surface area contributed by atoms with Crippen LogP contribution < -0.4 is 0 Å². The summed E-state index contributed by atoms with van der Waals surface area (Å²) in [5.74, 6) is -1.25. The zero-order valence-corrected chi connectivity index (χ0v) is 9.68. The number of rotatable bonds is 3. The van der Waals surface area contributed by atoms with Gasteiger partial charge in [-0.15, -0.1) is 0 Å². The van der Waals surface area contributed by atoms with Crippen molar-refractivity contribution < 1.29 is 36.1 Å². The van der Waals surface area contributed by atoms with E-state index in [1.807, 2.05) is 0 Å². The molecule has 0 bridgehead atoms. The molecule has 16 heavy (non-hydrogen) atoms. The van der Waals surface area contributed by atoms with Gasteiger partial charge in [0.2, 0.25) is 0 Å². The number of aliphatic hydroxyl groups excluding tert-OH is 2. The molecule has 0 saturated heterocycles. The molecule has 1 heterocycles. The van der Waals surface area contributed by atoms with Crippen molar-refractivity contribution in [1.82, 2.24) is 15.0 Å². The van der Waals surface area contributed by atoms with Crippen molar-refractivity contribution in [3.63, 3.8) is 0 Å². The maximum absolute atomic E-state index is 12.6. The van der Waals surface area contributed by atoms with Crippen molar-refractivity contribution in [2.45, 2.75) is 32.0 Å². The molecule has 1 aromatic rings. The molecule has 2 atom stereocenters. The molecule has 0 aliphatic heterocycles. The number of hydrogen-bond acceptors (Lipinski definition) is 5. The van der Waals surface area contributed by atoms with Gasteiger partial charge in [-0.2, -0.15) is 23.7 Å². The van der Waals surface area contributed by atoms with Gasteiger partial charge in [-0.3, -0.25) is 0 Å². The fourth-order valence-electron chi connectivity index (χ4n) is 1.32. The third kappa shape index (κ3) is 3.71. The second kappa shape index (κ2) is 6.15. The number of halogens is 2. The Morgan fingerprint density at radius 2 is 1.31 bits per heavy atom. The average Bonchev–Trinajstić information content (AvgIpc) is 1.99. The maximum Gasteiger partial charge on any atom is 0.314 e. The fourth-order valence-corrected chi connectivity index (χ4v) is 1.32. The Labute approximate surface area is 101 Å². The fraction of sp³-hybridized carbons (Fsp3) is 0.625. The summed E-state index contributed by atoms with van der Waals surface area (Å²) >= 11 is 0. The summed E-state index contributed by atoms with van der Waals surface area (Å²) in [4.78, 5) is 9.17. The van der Waals surface area contributed by atoms with Gasteiger partial charge in [0.15, 0.2) is 0 Å². The third-order valence-corrected chi connectivity index (χ3v) is 1.94. The summed E-state index contributed by atoms with van der Waals surface area (Å²) in [6.45, 7) is 2.74. The minimum absolute atomic E-state index is 0. The SMILES string of the molecule is CC(O)C(c1nc(F)nc(F)n1)C(C)O.[Fe]. The minimum Gasteiger partial charge on any atom is -0.393 e. The summed E-state index contributed by atoms with van der Waals surface area (Å²) in [5.41, 5.74) is 0. The van der Waals surface area contributed by atoms with Gasteiger partial charge in [0.1, 0.15) is 5.82 Å². The smallest absolute Gasteiger partial charge is 0.314 e. The standard InChI is InChI=1S/C8H11F2N3O2.Fe/c1-3(14)5(4(2)15)6-11-7(9)13-8(10)12-6;/h3-5,14-15H,1-2H3;. The van der Waals surface area contributed by atoms with Crippen LogP contribution in [0.15, 0.2) is 0 Å². The van der Waals surface area contributed by atoms with Crippen molar-refractivity contribution in [2.24, 2.45) is 0 Å². The van der Waals surface area contributed by atoms with Gasteiger partial charge < -0.3 is 10.2 Å². The predicted octanol–water partition coefficient (Wildman–Crippen LogP) is -0.00750. The maximum atomic E-state index is 12.6. The Balaban J connectivity index is 0.00000225. The van der Waals surface area contributed by atoms with Crippen molar-refractivity contribution in [3.05, 3.63) is 18.0 Å². The van der Waals surface area contributed by atoms with E-state index in [2.05, 4.69) is 15.0 Å². The second-order valence-corrected chi connectivity index (χ2v) is 3.24. The topological polar surface area (TPSA) is 79.1 Å². The van der Waals surface area contributed by atoms with Crippen LogP contribution in [-0.2, 0) is 17.1 Å². The molecule has 1 rings (SSSR count). The largest absolute Gasteiger partial charge is 0.393 e. The van der Waals surface area contributed by atoms with E-state index in [0.29, 0.717) is 0 Å². The quantitative estimate of drug-likeness (QED) is 0.759. The van der Waals surface area contributed by atoms with Crippen LogP contribution in [0.25, 0.3) is 0 Å². The van der Waals surface area contributed by atoms with Crippen LogP contribution in [0.4, 0.5) is 8.78 Å². The Morgan fingerprint density at radius 1 is 0.938 bits per heavy atom. The molecule has 0 saturated carbocycles. The molecule has 1 aromatic heterocycles. The van der Waals surface area contributed by atoms with Crippen molar-refractivity contribution in [2.75, 3.05) is 0 Å². The summed E-state index contributed by atoms with van der Waals surface area (Å²) in [7, 11) is 0. The van der Waals surface area contributed by atoms with Gasteiger partial charge in [-0.1, -0.05) is 0 Å². The molecule has 8 heteroatoms. The van der Waals surface area contributed by atoms with Gasteiger partial charge >= 0.3 is 12.2 Å². The molecule has 2 N–H and O–H groups in total. The first-order valence-electron chi connectivity index (χ1n) is 4.35. The number of aromatic nitrogens is 3. The zero-order chi connectivity index (χ0) is 11.6. The van der Waals surface area contributed by atoms with E-state index >= 15 is 0 Å². The van der Waals surface area contributed by atoms with Gasteiger partial charge in [0, 0.05) is 17.1 Å². The molecular formula is C8H11F2FeN3O2. The first-order chi connectivity index (χ1) is 6.91. The molecule has 0 aromatic carbocycles. The van der Waals surface area contributed by atoms with Crippen molar-refractivity contribution in [3.8, 4) is 0 Å². The van der Waals surface area contributed by atoms with E-state index in [-0.39, 0.29) is 22.9 Å². The van der Waals surface area contributed by atoms with Crippen LogP contribution in [-0.4, -0.2) is 37.4 Å². The molecule has 0 aliphatic carbocycles. The molecule has 0 amide bonds. The molecule has 0 radical (unpaired) electrons. The van der Waals surface area contributed by atoms with E-state index in [0.717, 1.165) is 0 Å². The van der Waals surface area contributed by atoms with E-state index in [4.69, 9.17) is 0 Å². The van der Waals surface area contributed by atoms with Crippen molar-refractivity contribution >= 4 is 0 Å². The third-order valence-electron chi connectivity index (χ3n) is 1.94. The van der Waals surface area contributed by atoms with Crippen LogP contribution in [0.5, 0.6) is 0 Å². The number of hydrogen-bond donors (Lipinski definition) is 2. The summed E-state index contributed by atoms with van der Waals surface area (Å²) < 4.78 is 25.3. The van der Waals surface area contributed by atoms with Gasteiger partial charge in [-0.05, 0) is 13.8 Å². The number of aliphatic hydroxyl groups is 2. The summed E-state index contributed by atoms with van der Waals surface area (Å²) in [5, 5.41) is 18.6. The first kappa shape index (κ1) is 15.3. The van der Waals surface area contributed by atoms with Crippen LogP contribution in [0.3, 0.4) is 0 Å². The molecule has 0 fully saturated rings. The Bertz CT molecular complexity index is 324. The van der Waals surface area contributed by atoms with E-state index in [1.54, 1.807) is 0 Å². The Hall–Kier alpha value is -0.691. The van der Waals surface area contributed by atoms with E-state index in [1.165, 1.54) is 13.8 Å². The van der Waals surface area contributed by atoms with E-state index < -0.39 is 30.3 Å². The zero-order valence-electron chi connectivity index (χ0n) is 8.58. The van der Waals surface area contributed by atoms with Crippen LogP contribution in [0, 0.1) is 12.2 Å². The normalized spacial score (nSPS) is 16.1.